The van der Waals surface area contributed by atoms with Crippen LogP contribution in [0.4, 0.5) is 26.3 Å². The zero-order valence-electron chi connectivity index (χ0n) is 10.1. The molecule has 12 heteroatoms. The SMILES string of the molecule is CC1C(=O)N(C(=O)C(F)(F)F)CC(=O)N1C(=O)C(F)(F)F. The first-order valence-electron chi connectivity index (χ1n) is 5.14. The number of halogens is 6. The van der Waals surface area contributed by atoms with Crippen LogP contribution in [0.3, 0.4) is 0 Å². The van der Waals surface area contributed by atoms with E-state index < -0.39 is 58.4 Å². The standard InChI is InChI=1S/C9H6F6N2O4/c1-3-5(19)16(6(20)8(10,11)12)2-4(18)17(3)7(21)9(13,14)15/h3H,2H2,1H3. The van der Waals surface area contributed by atoms with Crippen molar-refractivity contribution in [1.82, 2.24) is 9.80 Å². The Kier molecular flexibility index (Phi) is 4.03. The molecule has 0 aromatic heterocycles. The predicted molar refractivity (Wildman–Crippen MR) is 50.1 cm³/mol. The number of hydrogen-bond acceptors (Lipinski definition) is 4. The van der Waals surface area contributed by atoms with Crippen molar-refractivity contribution in [3.63, 3.8) is 0 Å². The van der Waals surface area contributed by atoms with Crippen molar-refractivity contribution in [2.45, 2.75) is 25.3 Å². The summed E-state index contributed by atoms with van der Waals surface area (Å²) in [5, 5.41) is 0. The number of amides is 4. The van der Waals surface area contributed by atoms with Gasteiger partial charge in [0.2, 0.25) is 5.91 Å². The predicted octanol–water partition coefficient (Wildman–Crippen LogP) is 0.223. The summed E-state index contributed by atoms with van der Waals surface area (Å²) in [6.45, 7) is -0.983. The van der Waals surface area contributed by atoms with Crippen LogP contribution in [0, 0.1) is 0 Å². The smallest absolute Gasteiger partial charge is 0.272 e. The number of carbonyl (C=O) groups excluding carboxylic acids is 4. The van der Waals surface area contributed by atoms with E-state index in [-0.39, 0.29) is 0 Å². The fourth-order valence-electron chi connectivity index (χ4n) is 1.59. The van der Waals surface area contributed by atoms with Gasteiger partial charge in [-0.1, -0.05) is 0 Å². The molecule has 0 aromatic carbocycles. The largest absolute Gasteiger partial charge is 0.471 e. The van der Waals surface area contributed by atoms with Crippen LogP contribution in [0.5, 0.6) is 0 Å². The summed E-state index contributed by atoms with van der Waals surface area (Å²) in [4.78, 5) is 43.7. The first kappa shape index (κ1) is 16.9. The summed E-state index contributed by atoms with van der Waals surface area (Å²) in [6.07, 6.45) is -11.0. The van der Waals surface area contributed by atoms with E-state index in [1.165, 1.54) is 0 Å². The molecular weight excluding hydrogens is 314 g/mol. The molecule has 6 nitrogen and oxygen atoms in total. The van der Waals surface area contributed by atoms with Crippen LogP contribution in [0.2, 0.25) is 0 Å². The molecule has 0 bridgehead atoms. The Morgan fingerprint density at radius 1 is 1.00 bits per heavy atom. The molecule has 1 aliphatic heterocycles. The van der Waals surface area contributed by atoms with Crippen LogP contribution in [0.25, 0.3) is 0 Å². The van der Waals surface area contributed by atoms with Crippen molar-refractivity contribution < 1.29 is 45.5 Å². The summed E-state index contributed by atoms with van der Waals surface area (Å²) in [5.41, 5.74) is 0. The molecular formula is C9H6F6N2O4. The van der Waals surface area contributed by atoms with Gasteiger partial charge < -0.3 is 0 Å². The Balaban J connectivity index is 3.09. The summed E-state index contributed by atoms with van der Waals surface area (Å²) in [6, 6.07) is -2.17. The molecule has 1 unspecified atom stereocenters. The molecule has 0 spiro atoms. The number of nitrogens with zero attached hydrogens (tertiary/aromatic N) is 2. The highest BCUT2D eigenvalue weighted by molar-refractivity contribution is 6.11. The Morgan fingerprint density at radius 3 is 1.81 bits per heavy atom. The maximum absolute atomic E-state index is 12.2. The molecule has 0 saturated carbocycles. The van der Waals surface area contributed by atoms with E-state index in [0.717, 1.165) is 0 Å². The lowest BCUT2D eigenvalue weighted by Gasteiger charge is -2.36. The van der Waals surface area contributed by atoms with Crippen molar-refractivity contribution in [3.8, 4) is 0 Å². The van der Waals surface area contributed by atoms with E-state index in [1.807, 2.05) is 0 Å². The van der Waals surface area contributed by atoms with Crippen molar-refractivity contribution in [1.29, 1.82) is 0 Å². The van der Waals surface area contributed by atoms with Gasteiger partial charge >= 0.3 is 24.2 Å². The minimum atomic E-state index is -5.49. The van der Waals surface area contributed by atoms with Crippen LogP contribution in [-0.2, 0) is 19.2 Å². The van der Waals surface area contributed by atoms with Crippen molar-refractivity contribution in [2.75, 3.05) is 6.54 Å². The van der Waals surface area contributed by atoms with Gasteiger partial charge in [-0.3, -0.25) is 29.0 Å². The van der Waals surface area contributed by atoms with E-state index in [9.17, 15) is 45.5 Å². The third-order valence-corrected chi connectivity index (χ3v) is 2.52. The second-order valence-electron chi connectivity index (χ2n) is 3.97. The first-order chi connectivity index (χ1) is 9.28. The van der Waals surface area contributed by atoms with Gasteiger partial charge in [0.05, 0.1) is 0 Å². The zero-order valence-corrected chi connectivity index (χ0v) is 10.1. The summed E-state index contributed by atoms with van der Waals surface area (Å²) < 4.78 is 73.3. The van der Waals surface area contributed by atoms with Gasteiger partial charge in [0, 0.05) is 0 Å². The van der Waals surface area contributed by atoms with Gasteiger partial charge in [-0.05, 0) is 6.92 Å². The minimum Gasteiger partial charge on any atom is -0.272 e. The average molecular weight is 320 g/mol. The van der Waals surface area contributed by atoms with Crippen molar-refractivity contribution >= 4 is 23.6 Å². The van der Waals surface area contributed by atoms with Crippen LogP contribution in [0.1, 0.15) is 6.92 Å². The quantitative estimate of drug-likeness (QED) is 0.599. The van der Waals surface area contributed by atoms with Crippen LogP contribution >= 0.6 is 0 Å². The van der Waals surface area contributed by atoms with Gasteiger partial charge in [-0.2, -0.15) is 26.3 Å². The van der Waals surface area contributed by atoms with E-state index in [4.69, 9.17) is 0 Å². The molecule has 1 heterocycles. The highest BCUT2D eigenvalue weighted by atomic mass is 19.4. The van der Waals surface area contributed by atoms with Gasteiger partial charge in [0.15, 0.2) is 0 Å². The molecule has 21 heavy (non-hydrogen) atoms. The van der Waals surface area contributed by atoms with E-state index in [2.05, 4.69) is 0 Å². The van der Waals surface area contributed by atoms with Crippen molar-refractivity contribution in [2.24, 2.45) is 0 Å². The lowest BCUT2D eigenvalue weighted by atomic mass is 10.1. The third kappa shape index (κ3) is 3.13. The van der Waals surface area contributed by atoms with Crippen LogP contribution < -0.4 is 0 Å². The fraction of sp³-hybridized carbons (Fsp3) is 0.556. The van der Waals surface area contributed by atoms with Gasteiger partial charge in [0.25, 0.3) is 5.91 Å². The summed E-state index contributed by atoms with van der Waals surface area (Å²) in [7, 11) is 0. The highest BCUT2D eigenvalue weighted by Crippen LogP contribution is 2.26. The van der Waals surface area contributed by atoms with Crippen LogP contribution in [-0.4, -0.2) is 58.4 Å². The number of alkyl halides is 6. The number of imide groups is 2. The Bertz CT molecular complexity index is 511. The third-order valence-electron chi connectivity index (χ3n) is 2.52. The van der Waals surface area contributed by atoms with Gasteiger partial charge in [0.1, 0.15) is 12.6 Å². The lowest BCUT2D eigenvalue weighted by molar-refractivity contribution is -0.200. The molecule has 0 aromatic rings. The number of carbonyl (C=O) groups is 4. The molecule has 0 radical (unpaired) electrons. The molecule has 1 fully saturated rings. The van der Waals surface area contributed by atoms with Crippen LogP contribution in [0.15, 0.2) is 0 Å². The zero-order chi connectivity index (χ0) is 16.7. The molecule has 1 aliphatic rings. The number of hydrogen-bond donors (Lipinski definition) is 0. The number of rotatable bonds is 0. The lowest BCUT2D eigenvalue weighted by Crippen LogP contribution is -2.65. The first-order valence-corrected chi connectivity index (χ1v) is 5.14. The highest BCUT2D eigenvalue weighted by Gasteiger charge is 2.54. The van der Waals surface area contributed by atoms with E-state index in [0.29, 0.717) is 6.92 Å². The maximum atomic E-state index is 12.2. The molecule has 118 valence electrons. The van der Waals surface area contributed by atoms with Gasteiger partial charge in [-0.25, -0.2) is 0 Å². The van der Waals surface area contributed by atoms with Crippen molar-refractivity contribution in [3.05, 3.63) is 0 Å². The topological polar surface area (TPSA) is 74.8 Å². The normalized spacial score (nSPS) is 20.8. The molecule has 1 saturated heterocycles. The Hall–Kier alpha value is -2.14. The van der Waals surface area contributed by atoms with Gasteiger partial charge in [-0.15, -0.1) is 0 Å². The summed E-state index contributed by atoms with van der Waals surface area (Å²) in [5.74, 6) is -8.84. The Morgan fingerprint density at radius 2 is 1.43 bits per heavy atom. The molecule has 1 rings (SSSR count). The second-order valence-corrected chi connectivity index (χ2v) is 3.97. The molecule has 1 atom stereocenters. The fourth-order valence-corrected chi connectivity index (χ4v) is 1.59. The average Bonchev–Trinajstić information content (AvgIpc) is 2.30. The van der Waals surface area contributed by atoms with E-state index in [1.54, 1.807) is 0 Å². The monoisotopic (exact) mass is 320 g/mol. The maximum Gasteiger partial charge on any atom is 0.471 e. The molecule has 0 aliphatic carbocycles. The second kappa shape index (κ2) is 5.00. The molecule has 0 N–H and O–H groups in total. The Labute approximate surface area is 112 Å². The minimum absolute atomic E-state index is 0.511. The summed E-state index contributed by atoms with van der Waals surface area (Å²) >= 11 is 0. The van der Waals surface area contributed by atoms with E-state index >= 15 is 0 Å². The molecule has 4 amide bonds. The number of piperazine rings is 1.